The maximum Gasteiger partial charge on any atom is 0.283 e. The molecule has 4 nitrogen and oxygen atoms in total. The summed E-state index contributed by atoms with van der Waals surface area (Å²) >= 11 is 0. The highest BCUT2D eigenvalue weighted by Gasteiger charge is 2.27. The first-order valence-corrected chi connectivity index (χ1v) is 2.27. The number of hydrogen-bond acceptors (Lipinski definition) is 4. The first-order valence-electron chi connectivity index (χ1n) is 2.27. The molecule has 0 radical (unpaired) electrons. The first kappa shape index (κ1) is 8.26. The minimum atomic E-state index is -1.69. The molecule has 0 unspecified atom stereocenters. The third-order valence-corrected chi connectivity index (χ3v) is 0.967. The van der Waals surface area contributed by atoms with Crippen molar-refractivity contribution in [1.29, 1.82) is 0 Å². The van der Waals surface area contributed by atoms with Gasteiger partial charge in [-0.1, -0.05) is 0 Å². The van der Waals surface area contributed by atoms with Gasteiger partial charge in [-0.05, 0) is 0 Å². The van der Waals surface area contributed by atoms with E-state index in [-0.39, 0.29) is 0 Å². The third kappa shape index (κ3) is 1.58. The number of aldehydes is 2. The monoisotopic (exact) mass is 132 g/mol. The molecule has 0 atom stereocenters. The zero-order valence-corrected chi connectivity index (χ0v) is 5.29. The summed E-state index contributed by atoms with van der Waals surface area (Å²) in [6.45, 7) is 0. The Hall–Kier alpha value is -0.740. The van der Waals surface area contributed by atoms with Crippen molar-refractivity contribution >= 4 is 12.6 Å². The van der Waals surface area contributed by atoms with Crippen LogP contribution in [0.1, 0.15) is 0 Å². The summed E-state index contributed by atoms with van der Waals surface area (Å²) in [7, 11) is 2.43. The first-order chi connectivity index (χ1) is 4.24. The molecule has 0 bridgehead atoms. The fourth-order valence-corrected chi connectivity index (χ4v) is 0.304. The number of rotatable bonds is 4. The van der Waals surface area contributed by atoms with E-state index in [1.54, 1.807) is 0 Å². The van der Waals surface area contributed by atoms with Gasteiger partial charge in [-0.2, -0.15) is 0 Å². The van der Waals surface area contributed by atoms with E-state index >= 15 is 0 Å². The van der Waals surface area contributed by atoms with Crippen LogP contribution in [-0.2, 0) is 19.1 Å². The summed E-state index contributed by atoms with van der Waals surface area (Å²) in [5.41, 5.74) is 0. The van der Waals surface area contributed by atoms with Gasteiger partial charge in [0.15, 0.2) is 12.6 Å². The van der Waals surface area contributed by atoms with Crippen LogP contribution in [0.4, 0.5) is 0 Å². The largest absolute Gasteiger partial charge is 0.342 e. The third-order valence-electron chi connectivity index (χ3n) is 0.967. The van der Waals surface area contributed by atoms with E-state index in [1.807, 2.05) is 0 Å². The maximum atomic E-state index is 10.0. The topological polar surface area (TPSA) is 52.6 Å². The SMILES string of the molecule is COC(C=O)(C=O)OC. The molecule has 0 amide bonds. The fraction of sp³-hybridized carbons (Fsp3) is 0.600. The quantitative estimate of drug-likeness (QED) is 0.290. The average Bonchev–Trinajstić information content (AvgIpc) is 1.95. The average molecular weight is 132 g/mol. The van der Waals surface area contributed by atoms with Gasteiger partial charge in [0.2, 0.25) is 0 Å². The van der Waals surface area contributed by atoms with Crippen molar-refractivity contribution in [3.63, 3.8) is 0 Å². The van der Waals surface area contributed by atoms with Crippen LogP contribution in [0.25, 0.3) is 0 Å². The number of carbonyl (C=O) groups is 2. The molecule has 0 aromatic carbocycles. The van der Waals surface area contributed by atoms with Crippen molar-refractivity contribution in [2.24, 2.45) is 0 Å². The second-order valence-electron chi connectivity index (χ2n) is 1.37. The molecule has 9 heavy (non-hydrogen) atoms. The van der Waals surface area contributed by atoms with E-state index in [2.05, 4.69) is 9.47 Å². The van der Waals surface area contributed by atoms with Crippen molar-refractivity contribution < 1.29 is 19.1 Å². The summed E-state index contributed by atoms with van der Waals surface area (Å²) in [5.74, 6) is -1.69. The molecule has 0 saturated carbocycles. The molecule has 0 aliphatic heterocycles. The lowest BCUT2D eigenvalue weighted by atomic mass is 10.3. The van der Waals surface area contributed by atoms with E-state index in [0.29, 0.717) is 12.6 Å². The lowest BCUT2D eigenvalue weighted by Crippen LogP contribution is -2.37. The van der Waals surface area contributed by atoms with Crippen molar-refractivity contribution in [2.45, 2.75) is 5.79 Å². The zero-order valence-electron chi connectivity index (χ0n) is 5.29. The molecule has 0 aromatic rings. The molecule has 0 aliphatic carbocycles. The van der Waals surface area contributed by atoms with Crippen LogP contribution in [0.3, 0.4) is 0 Å². The standard InChI is InChI=1S/C5H8O4/c1-8-5(3-6,4-7)9-2/h3-4H,1-2H3. The van der Waals surface area contributed by atoms with E-state index < -0.39 is 5.79 Å². The van der Waals surface area contributed by atoms with Gasteiger partial charge in [-0.25, -0.2) is 0 Å². The van der Waals surface area contributed by atoms with Crippen molar-refractivity contribution in [2.75, 3.05) is 14.2 Å². The second-order valence-corrected chi connectivity index (χ2v) is 1.37. The van der Waals surface area contributed by atoms with Crippen molar-refractivity contribution in [3.05, 3.63) is 0 Å². The van der Waals surface area contributed by atoms with Crippen LogP contribution in [0.2, 0.25) is 0 Å². The fourth-order valence-electron chi connectivity index (χ4n) is 0.304. The van der Waals surface area contributed by atoms with Gasteiger partial charge in [0, 0.05) is 14.2 Å². The zero-order chi connectivity index (χ0) is 7.33. The maximum absolute atomic E-state index is 10.0. The van der Waals surface area contributed by atoms with Crippen LogP contribution in [0.5, 0.6) is 0 Å². The van der Waals surface area contributed by atoms with Gasteiger partial charge in [0.1, 0.15) is 0 Å². The smallest absolute Gasteiger partial charge is 0.283 e. The Balaban J connectivity index is 4.15. The molecule has 4 heteroatoms. The Labute approximate surface area is 52.7 Å². The Morgan fingerprint density at radius 1 is 1.11 bits per heavy atom. The highest BCUT2D eigenvalue weighted by molar-refractivity contribution is 5.85. The summed E-state index contributed by atoms with van der Waals surface area (Å²) in [4.78, 5) is 20.1. The molecular formula is C5H8O4. The van der Waals surface area contributed by atoms with Crippen LogP contribution in [-0.4, -0.2) is 32.6 Å². The molecular weight excluding hydrogens is 124 g/mol. The number of ether oxygens (including phenoxy) is 2. The summed E-state index contributed by atoms with van der Waals surface area (Å²) < 4.78 is 8.85. The predicted octanol–water partition coefficient (Wildman–Crippen LogP) is -0.627. The van der Waals surface area contributed by atoms with Crippen molar-refractivity contribution in [1.82, 2.24) is 0 Å². The highest BCUT2D eigenvalue weighted by atomic mass is 16.7. The van der Waals surface area contributed by atoms with Gasteiger partial charge >= 0.3 is 0 Å². The van der Waals surface area contributed by atoms with Crippen LogP contribution < -0.4 is 0 Å². The Morgan fingerprint density at radius 3 is 1.44 bits per heavy atom. The van der Waals surface area contributed by atoms with Gasteiger partial charge in [0.25, 0.3) is 5.79 Å². The normalized spacial score (nSPS) is 10.9. The minimum Gasteiger partial charge on any atom is -0.342 e. The molecule has 0 heterocycles. The highest BCUT2D eigenvalue weighted by Crippen LogP contribution is 2.01. The number of methoxy groups -OCH3 is 2. The minimum absolute atomic E-state index is 0.292. The van der Waals surface area contributed by atoms with E-state index in [1.165, 1.54) is 14.2 Å². The van der Waals surface area contributed by atoms with Gasteiger partial charge in [-0.15, -0.1) is 0 Å². The van der Waals surface area contributed by atoms with Gasteiger partial charge in [-0.3, -0.25) is 9.59 Å². The van der Waals surface area contributed by atoms with E-state index in [0.717, 1.165) is 0 Å². The van der Waals surface area contributed by atoms with Crippen LogP contribution >= 0.6 is 0 Å². The molecule has 0 aromatic heterocycles. The van der Waals surface area contributed by atoms with Gasteiger partial charge in [0.05, 0.1) is 0 Å². The summed E-state index contributed by atoms with van der Waals surface area (Å²) in [6, 6.07) is 0. The Kier molecular flexibility index (Phi) is 3.05. The van der Waals surface area contributed by atoms with E-state index in [4.69, 9.17) is 0 Å². The molecule has 52 valence electrons. The predicted molar refractivity (Wildman–Crippen MR) is 28.9 cm³/mol. The van der Waals surface area contributed by atoms with Crippen molar-refractivity contribution in [3.8, 4) is 0 Å². The molecule has 0 saturated heterocycles. The lowest BCUT2D eigenvalue weighted by Gasteiger charge is -2.15. The molecule has 0 N–H and O–H groups in total. The molecule has 0 fully saturated rings. The second kappa shape index (κ2) is 3.32. The molecule has 0 spiro atoms. The molecule has 0 aliphatic rings. The number of carbonyl (C=O) groups excluding carboxylic acids is 2. The number of hydrogen-bond donors (Lipinski definition) is 0. The molecule has 0 rings (SSSR count). The Morgan fingerprint density at radius 2 is 1.44 bits per heavy atom. The summed E-state index contributed by atoms with van der Waals surface area (Å²) in [5, 5.41) is 0. The lowest BCUT2D eigenvalue weighted by molar-refractivity contribution is -0.189. The van der Waals surface area contributed by atoms with E-state index in [9.17, 15) is 9.59 Å². The van der Waals surface area contributed by atoms with Crippen LogP contribution in [0.15, 0.2) is 0 Å². The van der Waals surface area contributed by atoms with Gasteiger partial charge < -0.3 is 9.47 Å². The summed E-state index contributed by atoms with van der Waals surface area (Å²) in [6.07, 6.45) is 0.583. The Bertz CT molecular complexity index is 95.5. The van der Waals surface area contributed by atoms with Crippen LogP contribution in [0, 0.1) is 0 Å².